The molecule has 0 bridgehead atoms. The van der Waals surface area contributed by atoms with Gasteiger partial charge < -0.3 is 14.4 Å². The van der Waals surface area contributed by atoms with Crippen LogP contribution in [0.5, 0.6) is 11.5 Å². The van der Waals surface area contributed by atoms with Crippen LogP contribution in [0.15, 0.2) is 41.3 Å². The Labute approximate surface area is 202 Å². The van der Waals surface area contributed by atoms with Gasteiger partial charge in [0.2, 0.25) is 22.7 Å². The number of nitrogens with one attached hydrogen (secondary N) is 1. The second-order valence-corrected chi connectivity index (χ2v) is 11.2. The number of hydrogen-bond donors (Lipinski definition) is 1. The van der Waals surface area contributed by atoms with E-state index in [1.54, 1.807) is 0 Å². The second kappa shape index (κ2) is 8.32. The van der Waals surface area contributed by atoms with E-state index in [4.69, 9.17) is 32.7 Å². The number of carbonyl (C=O) groups excluding carboxylic acids is 1. The lowest BCUT2D eigenvalue weighted by Crippen LogP contribution is -2.59. The molecule has 0 unspecified atom stereocenters. The fraction of sp³-hybridized carbons (Fsp3) is 0.409. The quantitative estimate of drug-likeness (QED) is 0.677. The van der Waals surface area contributed by atoms with E-state index >= 15 is 0 Å². The SMILES string of the molecule is C[C@H]1NC2(CCN(S(=O)(=O)c3ccc(Cl)c(Cl)c3)CC2)N(Cc2ccc3c(c2)OCO3)C1=O. The predicted molar refractivity (Wildman–Crippen MR) is 123 cm³/mol. The molecule has 0 aliphatic carbocycles. The Bertz CT molecular complexity index is 1210. The summed E-state index contributed by atoms with van der Waals surface area (Å²) in [6, 6.07) is 9.60. The van der Waals surface area contributed by atoms with Crippen LogP contribution < -0.4 is 14.8 Å². The van der Waals surface area contributed by atoms with Gasteiger partial charge in [0.25, 0.3) is 0 Å². The molecule has 1 atom stereocenters. The summed E-state index contributed by atoms with van der Waals surface area (Å²) in [4.78, 5) is 15.0. The summed E-state index contributed by atoms with van der Waals surface area (Å²) in [5, 5.41) is 3.92. The van der Waals surface area contributed by atoms with Gasteiger partial charge in [0.05, 0.1) is 26.6 Å². The van der Waals surface area contributed by atoms with Crippen LogP contribution in [0.2, 0.25) is 10.0 Å². The first kappa shape index (κ1) is 22.7. The Morgan fingerprint density at radius 1 is 1.06 bits per heavy atom. The number of amides is 1. The molecule has 0 saturated carbocycles. The minimum Gasteiger partial charge on any atom is -0.454 e. The third-order valence-electron chi connectivity index (χ3n) is 6.49. The number of ether oxygens (including phenoxy) is 2. The van der Waals surface area contributed by atoms with Crippen molar-refractivity contribution in [2.24, 2.45) is 0 Å². The maximum atomic E-state index is 13.2. The van der Waals surface area contributed by atoms with E-state index in [2.05, 4.69) is 5.32 Å². The molecule has 1 amide bonds. The monoisotopic (exact) mass is 511 g/mol. The summed E-state index contributed by atoms with van der Waals surface area (Å²) < 4.78 is 38.6. The normalized spacial score (nSPS) is 22.3. The van der Waals surface area contributed by atoms with Crippen molar-refractivity contribution in [3.8, 4) is 11.5 Å². The summed E-state index contributed by atoms with van der Waals surface area (Å²) >= 11 is 12.0. The molecule has 5 rings (SSSR count). The number of fused-ring (bicyclic) bond motifs is 1. The van der Waals surface area contributed by atoms with Crippen molar-refractivity contribution in [2.45, 2.75) is 42.9 Å². The third-order valence-corrected chi connectivity index (χ3v) is 9.13. The Hall–Kier alpha value is -2.04. The zero-order valence-electron chi connectivity index (χ0n) is 17.9. The molecule has 1 spiro atoms. The molecule has 33 heavy (non-hydrogen) atoms. The van der Waals surface area contributed by atoms with Crippen LogP contribution in [-0.4, -0.2) is 55.1 Å². The van der Waals surface area contributed by atoms with E-state index < -0.39 is 15.7 Å². The summed E-state index contributed by atoms with van der Waals surface area (Å²) in [5.74, 6) is 1.35. The highest BCUT2D eigenvalue weighted by atomic mass is 35.5. The molecule has 2 fully saturated rings. The number of piperidine rings is 1. The lowest BCUT2D eigenvalue weighted by Gasteiger charge is -2.44. The first-order valence-corrected chi connectivity index (χ1v) is 12.8. The van der Waals surface area contributed by atoms with Crippen LogP contribution in [0.4, 0.5) is 0 Å². The zero-order chi connectivity index (χ0) is 23.4. The first-order valence-electron chi connectivity index (χ1n) is 10.6. The number of rotatable bonds is 4. The van der Waals surface area contributed by atoms with Gasteiger partial charge in [-0.25, -0.2) is 8.42 Å². The molecule has 1 N–H and O–H groups in total. The molecule has 3 aliphatic rings. The van der Waals surface area contributed by atoms with Crippen LogP contribution in [-0.2, 0) is 21.4 Å². The Kier molecular flexibility index (Phi) is 5.73. The standard InChI is InChI=1S/C22H23Cl2N3O5S/c1-14-21(28)27(12-15-2-5-19-20(10-15)32-13-31-19)22(25-14)6-8-26(9-7-22)33(29,30)16-3-4-17(23)18(24)11-16/h2-5,10-11,14,25H,6-9,12-13H2,1H3/t14-/m1/s1. The van der Waals surface area contributed by atoms with E-state index in [0.29, 0.717) is 35.9 Å². The molecular formula is C22H23Cl2N3O5S. The van der Waals surface area contributed by atoms with E-state index in [-0.39, 0.29) is 41.7 Å². The number of sulfonamides is 1. The molecule has 3 aliphatic heterocycles. The smallest absolute Gasteiger partial charge is 0.243 e. The van der Waals surface area contributed by atoms with Crippen LogP contribution in [0, 0.1) is 0 Å². The average Bonchev–Trinajstić information content (AvgIpc) is 3.34. The highest BCUT2D eigenvalue weighted by Crippen LogP contribution is 2.38. The molecule has 11 heteroatoms. The minimum absolute atomic E-state index is 0.00606. The van der Waals surface area contributed by atoms with Crippen LogP contribution in [0.25, 0.3) is 0 Å². The van der Waals surface area contributed by atoms with Crippen molar-refractivity contribution < 1.29 is 22.7 Å². The number of halogens is 2. The van der Waals surface area contributed by atoms with E-state index in [1.165, 1.54) is 22.5 Å². The van der Waals surface area contributed by atoms with Crippen molar-refractivity contribution in [1.29, 1.82) is 0 Å². The Morgan fingerprint density at radius 3 is 2.52 bits per heavy atom. The number of nitrogens with zero attached hydrogens (tertiary/aromatic N) is 2. The maximum Gasteiger partial charge on any atom is 0.243 e. The summed E-state index contributed by atoms with van der Waals surface area (Å²) in [5.41, 5.74) is 0.310. The fourth-order valence-corrected chi connectivity index (χ4v) is 6.57. The topological polar surface area (TPSA) is 88.2 Å². The van der Waals surface area contributed by atoms with Crippen LogP contribution in [0.3, 0.4) is 0 Å². The fourth-order valence-electron chi connectivity index (χ4n) is 4.74. The zero-order valence-corrected chi connectivity index (χ0v) is 20.2. The molecule has 8 nitrogen and oxygen atoms in total. The third kappa shape index (κ3) is 3.95. The van der Waals surface area contributed by atoms with Gasteiger partial charge in [-0.2, -0.15) is 4.31 Å². The van der Waals surface area contributed by atoms with Crippen LogP contribution >= 0.6 is 23.2 Å². The largest absolute Gasteiger partial charge is 0.454 e. The van der Waals surface area contributed by atoms with Gasteiger partial charge in [-0.1, -0.05) is 29.3 Å². The summed E-state index contributed by atoms with van der Waals surface area (Å²) in [6.45, 7) is 2.96. The number of benzene rings is 2. The lowest BCUT2D eigenvalue weighted by molar-refractivity contribution is -0.133. The number of hydrogen-bond acceptors (Lipinski definition) is 6. The van der Waals surface area contributed by atoms with E-state index in [9.17, 15) is 13.2 Å². The first-order chi connectivity index (χ1) is 15.7. The number of carbonyl (C=O) groups is 1. The molecule has 2 aromatic rings. The molecule has 0 aromatic heterocycles. The van der Waals surface area contributed by atoms with Gasteiger partial charge in [-0.15, -0.1) is 0 Å². The highest BCUT2D eigenvalue weighted by molar-refractivity contribution is 7.89. The van der Waals surface area contributed by atoms with Crippen LogP contribution in [0.1, 0.15) is 25.3 Å². The van der Waals surface area contributed by atoms with Gasteiger partial charge >= 0.3 is 0 Å². The second-order valence-electron chi connectivity index (χ2n) is 8.49. The summed E-state index contributed by atoms with van der Waals surface area (Å²) in [6.07, 6.45) is 0.933. The maximum absolute atomic E-state index is 13.2. The molecule has 0 radical (unpaired) electrons. The van der Waals surface area contributed by atoms with Crippen molar-refractivity contribution in [1.82, 2.24) is 14.5 Å². The molecule has 2 saturated heterocycles. The Balaban J connectivity index is 1.35. The molecular weight excluding hydrogens is 489 g/mol. The van der Waals surface area contributed by atoms with Crippen molar-refractivity contribution in [2.75, 3.05) is 19.9 Å². The Morgan fingerprint density at radius 2 is 1.79 bits per heavy atom. The summed E-state index contributed by atoms with van der Waals surface area (Å²) in [7, 11) is -3.73. The molecule has 3 heterocycles. The van der Waals surface area contributed by atoms with E-state index in [0.717, 1.165) is 5.56 Å². The molecule has 2 aromatic carbocycles. The van der Waals surface area contributed by atoms with Gasteiger partial charge in [0.1, 0.15) is 0 Å². The van der Waals surface area contributed by atoms with Crippen molar-refractivity contribution >= 4 is 39.1 Å². The average molecular weight is 512 g/mol. The highest BCUT2D eigenvalue weighted by Gasteiger charge is 2.51. The van der Waals surface area contributed by atoms with Crippen molar-refractivity contribution in [3.63, 3.8) is 0 Å². The van der Waals surface area contributed by atoms with Crippen molar-refractivity contribution in [3.05, 3.63) is 52.0 Å². The minimum atomic E-state index is -3.73. The lowest BCUT2D eigenvalue weighted by atomic mass is 9.96. The predicted octanol–water partition coefficient (Wildman–Crippen LogP) is 3.22. The molecule has 176 valence electrons. The van der Waals surface area contributed by atoms with Gasteiger partial charge in [0.15, 0.2) is 11.5 Å². The van der Waals surface area contributed by atoms with E-state index in [1.807, 2.05) is 30.0 Å². The van der Waals surface area contributed by atoms with Gasteiger partial charge in [-0.3, -0.25) is 10.1 Å². The van der Waals surface area contributed by atoms with Gasteiger partial charge in [0, 0.05) is 19.6 Å². The van der Waals surface area contributed by atoms with Gasteiger partial charge in [-0.05, 0) is 55.7 Å².